The van der Waals surface area contributed by atoms with Crippen molar-refractivity contribution in [2.45, 2.75) is 51.1 Å². The first kappa shape index (κ1) is 24.7. The Bertz CT molecular complexity index is 1130. The molecule has 0 spiro atoms. The first-order valence-electron chi connectivity index (χ1n) is 11.0. The summed E-state index contributed by atoms with van der Waals surface area (Å²) in [6.45, 7) is 6.13. The quantitative estimate of drug-likeness (QED) is 0.583. The number of hydrogen-bond acceptors (Lipinski definition) is 5. The van der Waals surface area contributed by atoms with Gasteiger partial charge in [0.25, 0.3) is 0 Å². The van der Waals surface area contributed by atoms with Crippen LogP contribution < -0.4 is 19.7 Å². The van der Waals surface area contributed by atoms with Crippen molar-refractivity contribution in [1.82, 2.24) is 10.0 Å². The van der Waals surface area contributed by atoms with Gasteiger partial charge < -0.3 is 15.0 Å². The normalized spacial score (nSPS) is 14.2. The average Bonchev–Trinajstić information content (AvgIpc) is 3.24. The molecule has 0 aromatic heterocycles. The molecule has 2 aromatic carbocycles. The number of methoxy groups -OCH3 is 1. The van der Waals surface area contributed by atoms with Crippen molar-refractivity contribution < 1.29 is 22.7 Å². The third-order valence-corrected chi connectivity index (χ3v) is 7.18. The molecule has 0 saturated carbocycles. The molecule has 9 heteroatoms. The van der Waals surface area contributed by atoms with Crippen LogP contribution >= 0.6 is 0 Å². The molecule has 0 radical (unpaired) electrons. The fourth-order valence-electron chi connectivity index (χ4n) is 3.86. The van der Waals surface area contributed by atoms with E-state index in [0.717, 1.165) is 16.8 Å². The van der Waals surface area contributed by atoms with Crippen molar-refractivity contribution in [1.29, 1.82) is 0 Å². The Morgan fingerprint density at radius 3 is 2.55 bits per heavy atom. The number of amides is 2. The highest BCUT2D eigenvalue weighted by Crippen LogP contribution is 2.30. The molecule has 0 unspecified atom stereocenters. The zero-order valence-electron chi connectivity index (χ0n) is 19.4. The number of nitrogens with zero attached hydrogens (tertiary/aromatic N) is 1. The number of anilines is 1. The first-order valence-corrected chi connectivity index (χ1v) is 12.5. The van der Waals surface area contributed by atoms with Gasteiger partial charge >= 0.3 is 0 Å². The lowest BCUT2D eigenvalue weighted by Gasteiger charge is -2.22. The minimum Gasteiger partial charge on any atom is -0.496 e. The molecule has 1 heterocycles. The molecule has 33 heavy (non-hydrogen) atoms. The Morgan fingerprint density at radius 2 is 1.88 bits per heavy atom. The van der Waals surface area contributed by atoms with Crippen molar-refractivity contribution in [3.63, 3.8) is 0 Å². The lowest BCUT2D eigenvalue weighted by atomic mass is 10.0. The number of carbonyl (C=O) groups is 2. The van der Waals surface area contributed by atoms with Crippen molar-refractivity contribution in [3.05, 3.63) is 53.6 Å². The van der Waals surface area contributed by atoms with Gasteiger partial charge in [-0.25, -0.2) is 8.42 Å². The van der Waals surface area contributed by atoms with E-state index in [1.807, 2.05) is 18.2 Å². The van der Waals surface area contributed by atoms with Crippen molar-refractivity contribution in [2.75, 3.05) is 18.6 Å². The van der Waals surface area contributed by atoms with Gasteiger partial charge in [0.05, 0.1) is 12.0 Å². The molecule has 2 N–H and O–H groups in total. The lowest BCUT2D eigenvalue weighted by molar-refractivity contribution is -0.123. The fourth-order valence-corrected chi connectivity index (χ4v) is 5.26. The molecule has 2 aromatic rings. The summed E-state index contributed by atoms with van der Waals surface area (Å²) in [6, 6.07) is 11.1. The van der Waals surface area contributed by atoms with Crippen LogP contribution in [0.15, 0.2) is 47.4 Å². The van der Waals surface area contributed by atoms with E-state index in [4.69, 9.17) is 4.74 Å². The molecule has 3 rings (SSSR count). The Labute approximate surface area is 195 Å². The second-order valence-corrected chi connectivity index (χ2v) is 10.0. The minimum absolute atomic E-state index is 0.00840. The Balaban J connectivity index is 1.75. The van der Waals surface area contributed by atoms with Crippen LogP contribution in [0.25, 0.3) is 0 Å². The van der Waals surface area contributed by atoms with Crippen molar-refractivity contribution >= 4 is 27.5 Å². The standard InChI is InChI=1S/C24H31N3O5S/c1-5-22(28)27-13-12-17-14-19(10-11-20(17)27)33(30,31)26-23(16(2)3)24(29)25-15-18-8-6-7-9-21(18)32-4/h6-11,14,16,23,26H,5,12-13,15H2,1-4H3,(H,25,29)/t23-/m0/s1. The van der Waals surface area contributed by atoms with Crippen LogP contribution in [0.2, 0.25) is 0 Å². The number of para-hydroxylation sites is 1. The maximum Gasteiger partial charge on any atom is 0.241 e. The van der Waals surface area contributed by atoms with E-state index in [0.29, 0.717) is 25.1 Å². The molecule has 2 amide bonds. The van der Waals surface area contributed by atoms with Crippen LogP contribution in [0.5, 0.6) is 5.75 Å². The van der Waals surface area contributed by atoms with E-state index >= 15 is 0 Å². The van der Waals surface area contributed by atoms with E-state index in [-0.39, 0.29) is 23.3 Å². The SMILES string of the molecule is CCC(=O)N1CCc2cc(S(=O)(=O)N[C@H](C(=O)NCc3ccccc3OC)C(C)C)ccc21. The van der Waals surface area contributed by atoms with Crippen LogP contribution in [0.1, 0.15) is 38.3 Å². The zero-order valence-corrected chi connectivity index (χ0v) is 20.2. The van der Waals surface area contributed by atoms with Gasteiger partial charge in [0, 0.05) is 30.8 Å². The highest BCUT2D eigenvalue weighted by molar-refractivity contribution is 7.89. The van der Waals surface area contributed by atoms with Gasteiger partial charge in [0.2, 0.25) is 21.8 Å². The second kappa shape index (κ2) is 10.4. The largest absolute Gasteiger partial charge is 0.496 e. The van der Waals surface area contributed by atoms with Crippen LogP contribution in [0.4, 0.5) is 5.69 Å². The van der Waals surface area contributed by atoms with Crippen LogP contribution in [-0.4, -0.2) is 39.9 Å². The summed E-state index contributed by atoms with van der Waals surface area (Å²) in [6.07, 6.45) is 0.985. The number of ether oxygens (including phenoxy) is 1. The zero-order chi connectivity index (χ0) is 24.2. The van der Waals surface area contributed by atoms with Crippen LogP contribution in [0, 0.1) is 5.92 Å². The van der Waals surface area contributed by atoms with Gasteiger partial charge in [0.1, 0.15) is 11.8 Å². The number of hydrogen-bond donors (Lipinski definition) is 2. The molecular weight excluding hydrogens is 442 g/mol. The van der Waals surface area contributed by atoms with Crippen LogP contribution in [0.3, 0.4) is 0 Å². The van der Waals surface area contributed by atoms with Gasteiger partial charge in [-0.3, -0.25) is 9.59 Å². The number of rotatable bonds is 9. The second-order valence-electron chi connectivity index (χ2n) is 8.31. The van der Waals surface area contributed by atoms with Gasteiger partial charge in [-0.2, -0.15) is 4.72 Å². The number of nitrogens with one attached hydrogen (secondary N) is 2. The summed E-state index contributed by atoms with van der Waals surface area (Å²) >= 11 is 0. The molecular formula is C24H31N3O5S. The summed E-state index contributed by atoms with van der Waals surface area (Å²) in [5.41, 5.74) is 2.35. The maximum absolute atomic E-state index is 13.1. The number of sulfonamides is 1. The average molecular weight is 474 g/mol. The van der Waals surface area contributed by atoms with E-state index in [1.54, 1.807) is 51.0 Å². The molecule has 178 valence electrons. The van der Waals surface area contributed by atoms with E-state index in [2.05, 4.69) is 10.0 Å². The number of carbonyl (C=O) groups excluding carboxylic acids is 2. The monoisotopic (exact) mass is 473 g/mol. The molecule has 8 nitrogen and oxygen atoms in total. The van der Waals surface area contributed by atoms with E-state index in [9.17, 15) is 18.0 Å². The molecule has 1 aliphatic rings. The minimum atomic E-state index is -3.95. The third-order valence-electron chi connectivity index (χ3n) is 5.74. The highest BCUT2D eigenvalue weighted by atomic mass is 32.2. The summed E-state index contributed by atoms with van der Waals surface area (Å²) in [5.74, 6) is -0.0350. The summed E-state index contributed by atoms with van der Waals surface area (Å²) < 4.78 is 34.1. The summed E-state index contributed by atoms with van der Waals surface area (Å²) in [4.78, 5) is 26.7. The molecule has 0 saturated heterocycles. The Kier molecular flexibility index (Phi) is 7.76. The van der Waals surface area contributed by atoms with Gasteiger partial charge in [-0.1, -0.05) is 39.0 Å². The van der Waals surface area contributed by atoms with E-state index in [1.165, 1.54) is 6.07 Å². The molecule has 0 bridgehead atoms. The Morgan fingerprint density at radius 1 is 1.15 bits per heavy atom. The van der Waals surface area contributed by atoms with Gasteiger partial charge in [0.15, 0.2) is 0 Å². The smallest absolute Gasteiger partial charge is 0.241 e. The summed E-state index contributed by atoms with van der Waals surface area (Å²) in [7, 11) is -2.39. The predicted molar refractivity (Wildman–Crippen MR) is 127 cm³/mol. The van der Waals surface area contributed by atoms with Gasteiger partial charge in [-0.05, 0) is 42.2 Å². The van der Waals surface area contributed by atoms with E-state index < -0.39 is 22.0 Å². The van der Waals surface area contributed by atoms with Crippen molar-refractivity contribution in [3.8, 4) is 5.75 Å². The summed E-state index contributed by atoms with van der Waals surface area (Å²) in [5, 5.41) is 2.81. The topological polar surface area (TPSA) is 105 Å². The van der Waals surface area contributed by atoms with Gasteiger partial charge in [-0.15, -0.1) is 0 Å². The Hall–Kier alpha value is -2.91. The number of fused-ring (bicyclic) bond motifs is 1. The fraction of sp³-hybridized carbons (Fsp3) is 0.417. The molecule has 0 fully saturated rings. The third kappa shape index (κ3) is 5.54. The van der Waals surface area contributed by atoms with Crippen molar-refractivity contribution in [2.24, 2.45) is 5.92 Å². The first-order chi connectivity index (χ1) is 15.7. The van der Waals surface area contributed by atoms with Crippen LogP contribution in [-0.2, 0) is 32.6 Å². The molecule has 1 aliphatic heterocycles. The highest BCUT2D eigenvalue weighted by Gasteiger charge is 2.30. The lowest BCUT2D eigenvalue weighted by Crippen LogP contribution is -2.49. The molecule has 0 aliphatic carbocycles. The predicted octanol–water partition coefficient (Wildman–Crippen LogP) is 2.61. The molecule has 1 atom stereocenters. The maximum atomic E-state index is 13.1. The number of benzene rings is 2.